The average molecular weight is 408 g/mol. The number of nitrogens with one attached hydrogen (secondary N) is 1. The maximum Gasteiger partial charge on any atom is 0.237 e. The highest BCUT2D eigenvalue weighted by molar-refractivity contribution is 7.91. The molecule has 3 rings (SSSR count). The summed E-state index contributed by atoms with van der Waals surface area (Å²) < 4.78 is 33.0. The van der Waals surface area contributed by atoms with E-state index in [1.54, 1.807) is 42.5 Å². The maximum atomic E-state index is 12.4. The lowest BCUT2D eigenvalue weighted by Crippen LogP contribution is -2.15. The van der Waals surface area contributed by atoms with Gasteiger partial charge in [-0.1, -0.05) is 47.5 Å². The third-order valence-electron chi connectivity index (χ3n) is 3.50. The first-order valence-electron chi connectivity index (χ1n) is 7.69. The quantitative estimate of drug-likeness (QED) is 0.567. The Kier molecular flexibility index (Phi) is 5.71. The Hall–Kier alpha value is -2.21. The molecule has 0 bridgehead atoms. The highest BCUT2D eigenvalue weighted by atomic mass is 35.5. The molecule has 0 aliphatic carbocycles. The van der Waals surface area contributed by atoms with Crippen molar-refractivity contribution >= 4 is 38.9 Å². The van der Waals surface area contributed by atoms with Gasteiger partial charge in [0.25, 0.3) is 0 Å². The van der Waals surface area contributed by atoms with Gasteiger partial charge in [-0.25, -0.2) is 8.42 Å². The summed E-state index contributed by atoms with van der Waals surface area (Å²) in [6.07, 6.45) is 0. The summed E-state index contributed by atoms with van der Waals surface area (Å²) in [6.45, 7) is 0. The van der Waals surface area contributed by atoms with E-state index < -0.39 is 10.0 Å². The van der Waals surface area contributed by atoms with Crippen molar-refractivity contribution in [2.75, 3.05) is 4.72 Å². The number of halogens is 2. The smallest absolute Gasteiger partial charge is 0.237 e. The van der Waals surface area contributed by atoms with Crippen molar-refractivity contribution < 1.29 is 13.2 Å². The number of hydrogen-bond donors (Lipinski definition) is 1. The van der Waals surface area contributed by atoms with Crippen LogP contribution in [0.5, 0.6) is 11.5 Å². The minimum atomic E-state index is -3.66. The Bertz CT molecular complexity index is 971. The van der Waals surface area contributed by atoms with E-state index in [0.29, 0.717) is 32.8 Å². The molecule has 0 saturated carbocycles. The second-order valence-electron chi connectivity index (χ2n) is 5.50. The van der Waals surface area contributed by atoms with Gasteiger partial charge in [-0.05, 0) is 48.5 Å². The number of hydrogen-bond acceptors (Lipinski definition) is 3. The monoisotopic (exact) mass is 407 g/mol. The largest absolute Gasteiger partial charge is 0.457 e. The number of sulfonamides is 1. The van der Waals surface area contributed by atoms with E-state index in [0.717, 1.165) is 0 Å². The molecule has 0 heterocycles. The van der Waals surface area contributed by atoms with Crippen molar-refractivity contribution in [3.8, 4) is 11.5 Å². The lowest BCUT2D eigenvalue weighted by molar-refractivity contribution is 0.483. The molecule has 26 heavy (non-hydrogen) atoms. The molecular formula is C19H15Cl2NO3S. The summed E-state index contributed by atoms with van der Waals surface area (Å²) in [7, 11) is -3.66. The van der Waals surface area contributed by atoms with E-state index in [2.05, 4.69) is 4.72 Å². The second-order valence-corrected chi connectivity index (χ2v) is 8.04. The summed E-state index contributed by atoms with van der Waals surface area (Å²) >= 11 is 12.1. The van der Waals surface area contributed by atoms with Crippen LogP contribution in [0, 0.1) is 0 Å². The standard InChI is InChI=1S/C19H15Cl2NO3S/c20-18-7-4-8-19(21)17(18)13-26(23,24)22-14-9-11-16(12-10-14)25-15-5-2-1-3-6-15/h1-12,22H,13H2. The van der Waals surface area contributed by atoms with Gasteiger partial charge in [-0.15, -0.1) is 0 Å². The van der Waals surface area contributed by atoms with Crippen LogP contribution in [0.3, 0.4) is 0 Å². The van der Waals surface area contributed by atoms with Gasteiger partial charge in [0.1, 0.15) is 11.5 Å². The predicted molar refractivity (Wildman–Crippen MR) is 106 cm³/mol. The fourth-order valence-electron chi connectivity index (χ4n) is 2.29. The summed E-state index contributed by atoms with van der Waals surface area (Å²) in [5.74, 6) is 0.996. The first kappa shape index (κ1) is 18.6. The lowest BCUT2D eigenvalue weighted by Gasteiger charge is -2.11. The highest BCUT2D eigenvalue weighted by Crippen LogP contribution is 2.27. The molecule has 3 aromatic rings. The summed E-state index contributed by atoms with van der Waals surface area (Å²) in [5.41, 5.74) is 0.793. The van der Waals surface area contributed by atoms with Crippen LogP contribution >= 0.6 is 23.2 Å². The first-order chi connectivity index (χ1) is 12.4. The van der Waals surface area contributed by atoms with Crippen LogP contribution in [0.15, 0.2) is 72.8 Å². The molecule has 0 radical (unpaired) electrons. The molecule has 0 aliphatic heterocycles. The van der Waals surface area contributed by atoms with Gasteiger partial charge in [0.2, 0.25) is 10.0 Å². The van der Waals surface area contributed by atoms with Gasteiger partial charge >= 0.3 is 0 Å². The summed E-state index contributed by atoms with van der Waals surface area (Å²) in [4.78, 5) is 0. The van der Waals surface area contributed by atoms with Crippen molar-refractivity contribution in [2.45, 2.75) is 5.75 Å². The third-order valence-corrected chi connectivity index (χ3v) is 5.43. The van der Waals surface area contributed by atoms with Crippen molar-refractivity contribution in [1.29, 1.82) is 0 Å². The molecule has 134 valence electrons. The van der Waals surface area contributed by atoms with Crippen molar-refractivity contribution in [1.82, 2.24) is 0 Å². The Morgan fingerprint density at radius 1 is 0.769 bits per heavy atom. The molecule has 7 heteroatoms. The van der Waals surface area contributed by atoms with E-state index in [9.17, 15) is 8.42 Å². The molecule has 4 nitrogen and oxygen atoms in total. The molecule has 0 spiro atoms. The van der Waals surface area contributed by atoms with E-state index in [-0.39, 0.29) is 5.75 Å². The number of rotatable bonds is 6. The van der Waals surface area contributed by atoms with Crippen LogP contribution in [0.1, 0.15) is 5.56 Å². The number of para-hydroxylation sites is 1. The van der Waals surface area contributed by atoms with Gasteiger partial charge in [0.15, 0.2) is 0 Å². The molecule has 0 unspecified atom stereocenters. The van der Waals surface area contributed by atoms with Gasteiger partial charge in [-0.3, -0.25) is 4.72 Å². The van der Waals surface area contributed by atoms with E-state index in [1.165, 1.54) is 0 Å². The molecule has 0 amide bonds. The lowest BCUT2D eigenvalue weighted by atomic mass is 10.2. The number of ether oxygens (including phenoxy) is 1. The van der Waals surface area contributed by atoms with Crippen molar-refractivity contribution in [3.63, 3.8) is 0 Å². The zero-order valence-electron chi connectivity index (χ0n) is 13.5. The fraction of sp³-hybridized carbons (Fsp3) is 0.0526. The minimum Gasteiger partial charge on any atom is -0.457 e. The maximum absolute atomic E-state index is 12.4. The molecule has 0 aliphatic rings. The second kappa shape index (κ2) is 7.99. The van der Waals surface area contributed by atoms with Crippen LogP contribution in [-0.4, -0.2) is 8.42 Å². The van der Waals surface area contributed by atoms with E-state index in [1.807, 2.05) is 30.3 Å². The topological polar surface area (TPSA) is 55.4 Å². The molecule has 0 atom stereocenters. The van der Waals surface area contributed by atoms with Gasteiger partial charge < -0.3 is 4.74 Å². The zero-order chi connectivity index (χ0) is 18.6. The molecule has 0 saturated heterocycles. The summed E-state index contributed by atoms with van der Waals surface area (Å²) in [5, 5.41) is 0.629. The van der Waals surface area contributed by atoms with Crippen LogP contribution < -0.4 is 9.46 Å². The normalized spacial score (nSPS) is 11.2. The van der Waals surface area contributed by atoms with Crippen LogP contribution in [-0.2, 0) is 15.8 Å². The Labute approximate surface area is 162 Å². The minimum absolute atomic E-state index is 0.312. The molecule has 0 aromatic heterocycles. The molecule has 3 aromatic carbocycles. The first-order valence-corrected chi connectivity index (χ1v) is 10.1. The number of benzene rings is 3. The molecule has 1 N–H and O–H groups in total. The Balaban J connectivity index is 1.70. The van der Waals surface area contributed by atoms with Crippen molar-refractivity contribution in [3.05, 3.63) is 88.4 Å². The molecular weight excluding hydrogens is 393 g/mol. The molecule has 0 fully saturated rings. The Morgan fingerprint density at radius 2 is 1.35 bits per heavy atom. The van der Waals surface area contributed by atoms with Crippen LogP contribution in [0.25, 0.3) is 0 Å². The van der Waals surface area contributed by atoms with Crippen LogP contribution in [0.2, 0.25) is 10.0 Å². The third kappa shape index (κ3) is 4.91. The fourth-order valence-corrected chi connectivity index (χ4v) is 4.24. The van der Waals surface area contributed by atoms with Gasteiger partial charge in [-0.2, -0.15) is 0 Å². The van der Waals surface area contributed by atoms with Crippen LogP contribution in [0.4, 0.5) is 5.69 Å². The van der Waals surface area contributed by atoms with Gasteiger partial charge in [0, 0.05) is 21.3 Å². The van der Waals surface area contributed by atoms with E-state index in [4.69, 9.17) is 27.9 Å². The summed E-state index contributed by atoms with van der Waals surface area (Å²) in [6, 6.07) is 20.8. The van der Waals surface area contributed by atoms with Crippen molar-refractivity contribution in [2.24, 2.45) is 0 Å². The Morgan fingerprint density at radius 3 is 1.96 bits per heavy atom. The van der Waals surface area contributed by atoms with E-state index >= 15 is 0 Å². The average Bonchev–Trinajstić information content (AvgIpc) is 2.61. The predicted octanol–water partition coefficient (Wildman–Crippen LogP) is 5.73. The zero-order valence-corrected chi connectivity index (χ0v) is 15.9. The SMILES string of the molecule is O=S(=O)(Cc1c(Cl)cccc1Cl)Nc1ccc(Oc2ccccc2)cc1. The number of anilines is 1. The van der Waals surface area contributed by atoms with Gasteiger partial charge in [0.05, 0.1) is 5.75 Å². The highest BCUT2D eigenvalue weighted by Gasteiger charge is 2.16.